The summed E-state index contributed by atoms with van der Waals surface area (Å²) in [4.78, 5) is 18.2. The van der Waals surface area contributed by atoms with Gasteiger partial charge in [-0.2, -0.15) is 0 Å². The van der Waals surface area contributed by atoms with Crippen LogP contribution in [0.25, 0.3) is 0 Å². The summed E-state index contributed by atoms with van der Waals surface area (Å²) in [6, 6.07) is -1.16. The topological polar surface area (TPSA) is 147 Å². The van der Waals surface area contributed by atoms with Gasteiger partial charge in [0, 0.05) is 0 Å². The van der Waals surface area contributed by atoms with Crippen molar-refractivity contribution in [2.45, 2.75) is 19.1 Å². The quantitative estimate of drug-likeness (QED) is 0.400. The number of aliphatic hydroxyl groups is 1. The molecule has 0 rings (SSSR count). The van der Waals surface area contributed by atoms with Gasteiger partial charge in [0.05, 0.1) is 6.10 Å². The van der Waals surface area contributed by atoms with Crippen LogP contribution >= 0.6 is 0 Å². The number of carboxylic acids is 1. The smallest absolute Gasteiger partial charge is 0.652 e. The van der Waals surface area contributed by atoms with Crippen molar-refractivity contribution in [3.63, 3.8) is 0 Å². The first-order valence-electron chi connectivity index (χ1n) is 2.83. The number of aliphatic carboxylic acids is 1. The van der Waals surface area contributed by atoms with Crippen LogP contribution in [0.15, 0.2) is 0 Å². The Morgan fingerprint density at radius 2 is 1.62 bits per heavy atom. The van der Waals surface area contributed by atoms with E-state index in [1.54, 1.807) is 0 Å². The van der Waals surface area contributed by atoms with Crippen molar-refractivity contribution >= 4 is 49.9 Å². The van der Waals surface area contributed by atoms with Crippen LogP contribution in [-0.4, -0.2) is 72.2 Å². The van der Waals surface area contributed by atoms with E-state index in [0.29, 0.717) is 0 Å². The molecule has 2 atom stereocenters. The number of aliphatic hydroxyl groups excluding tert-OH is 1. The fraction of sp³-hybridized carbons (Fsp3) is 0.600. The molecule has 0 aromatic carbocycles. The van der Waals surface area contributed by atoms with Gasteiger partial charge in [0.2, 0.25) is 0 Å². The molecule has 8 heteroatoms. The van der Waals surface area contributed by atoms with Crippen LogP contribution in [0.2, 0.25) is 0 Å². The maximum atomic E-state index is 9.86. The van der Waals surface area contributed by atoms with E-state index in [2.05, 4.69) is 0 Å². The van der Waals surface area contributed by atoms with Crippen LogP contribution in [0.4, 0.5) is 4.79 Å². The SMILES string of the molecule is C[C@@H](O)[C@H](N)C(=O)O.O=C([O-])[O-].[Ca+2]. The molecule has 0 saturated heterocycles. The molecule has 0 bridgehead atoms. The number of carbonyl (C=O) groups excluding carboxylic acids is 1. The van der Waals surface area contributed by atoms with E-state index in [-0.39, 0.29) is 37.7 Å². The van der Waals surface area contributed by atoms with Crippen molar-refractivity contribution in [3.8, 4) is 0 Å². The Morgan fingerprint density at radius 1 is 1.38 bits per heavy atom. The molecule has 13 heavy (non-hydrogen) atoms. The fourth-order valence-corrected chi connectivity index (χ4v) is 0.206. The van der Waals surface area contributed by atoms with Crippen molar-refractivity contribution in [1.29, 1.82) is 0 Å². The van der Waals surface area contributed by atoms with E-state index in [4.69, 9.17) is 31.0 Å². The van der Waals surface area contributed by atoms with E-state index >= 15 is 0 Å². The minimum absolute atomic E-state index is 0. The van der Waals surface area contributed by atoms with Crippen LogP contribution < -0.4 is 15.9 Å². The zero-order chi connectivity index (χ0) is 10.3. The number of carboxylic acid groups (broad SMARTS) is 3. The summed E-state index contributed by atoms with van der Waals surface area (Å²) in [7, 11) is 0. The van der Waals surface area contributed by atoms with Gasteiger partial charge in [-0.05, 0) is 13.1 Å². The van der Waals surface area contributed by atoms with E-state index in [9.17, 15) is 4.79 Å². The second-order valence-electron chi connectivity index (χ2n) is 1.85. The van der Waals surface area contributed by atoms with Crippen molar-refractivity contribution in [3.05, 3.63) is 0 Å². The van der Waals surface area contributed by atoms with Crippen molar-refractivity contribution in [2.24, 2.45) is 5.73 Å². The maximum Gasteiger partial charge on any atom is 2.00 e. The van der Waals surface area contributed by atoms with Gasteiger partial charge in [0.15, 0.2) is 0 Å². The van der Waals surface area contributed by atoms with E-state index < -0.39 is 24.3 Å². The van der Waals surface area contributed by atoms with E-state index in [0.717, 1.165) is 0 Å². The van der Waals surface area contributed by atoms with Gasteiger partial charge >= 0.3 is 43.7 Å². The molecule has 0 heterocycles. The monoisotopic (exact) mass is 219 g/mol. The minimum atomic E-state index is -2.33. The zero-order valence-corrected chi connectivity index (χ0v) is 9.17. The third-order valence-corrected chi connectivity index (χ3v) is 0.805. The number of hydrogen-bond acceptors (Lipinski definition) is 6. The Kier molecular flexibility index (Phi) is 14.4. The van der Waals surface area contributed by atoms with Gasteiger partial charge in [-0.15, -0.1) is 0 Å². The van der Waals surface area contributed by atoms with Crippen LogP contribution in [0.3, 0.4) is 0 Å². The molecule has 7 nitrogen and oxygen atoms in total. The predicted octanol–water partition coefficient (Wildman–Crippen LogP) is -4.05. The first kappa shape index (κ1) is 18.7. The second-order valence-corrected chi connectivity index (χ2v) is 1.85. The third-order valence-electron chi connectivity index (χ3n) is 0.805. The molecule has 0 unspecified atom stereocenters. The molecule has 72 valence electrons. The summed E-state index contributed by atoms with van der Waals surface area (Å²) in [6.45, 7) is 1.33. The van der Waals surface area contributed by atoms with Crippen LogP contribution in [0.1, 0.15) is 6.92 Å². The summed E-state index contributed by atoms with van der Waals surface area (Å²) in [6.07, 6.45) is -3.31. The standard InChI is InChI=1S/C4H9NO3.CH2O3.Ca/c1-2(6)3(5)4(7)8;2-1(3)4;/h2-3,6H,5H2,1H3,(H,7,8);(H2,2,3,4);/q;;+2/p-2/t2-,3+;;/m1../s1. The summed E-state index contributed by atoms with van der Waals surface area (Å²) < 4.78 is 0. The van der Waals surface area contributed by atoms with Crippen molar-refractivity contribution in [1.82, 2.24) is 0 Å². The molecule has 0 aliphatic heterocycles. The largest absolute Gasteiger partial charge is 2.00 e. The second kappa shape index (κ2) is 10.0. The predicted molar refractivity (Wildman–Crippen MR) is 38.4 cm³/mol. The molecule has 0 amide bonds. The molecule has 0 spiro atoms. The Hall–Kier alpha value is -0.0803. The number of rotatable bonds is 2. The first-order chi connectivity index (χ1) is 5.29. The molecule has 0 aliphatic rings. The van der Waals surface area contributed by atoms with Gasteiger partial charge in [0.25, 0.3) is 0 Å². The Balaban J connectivity index is -0.000000173. The molecule has 0 radical (unpaired) electrons. The molecule has 0 aromatic heterocycles. The molecular weight excluding hydrogens is 210 g/mol. The van der Waals surface area contributed by atoms with Gasteiger partial charge < -0.3 is 31.0 Å². The van der Waals surface area contributed by atoms with Crippen molar-refractivity contribution in [2.75, 3.05) is 0 Å². The third kappa shape index (κ3) is 18.7. The molecule has 0 aromatic rings. The molecule has 0 fully saturated rings. The summed E-state index contributed by atoms with van der Waals surface area (Å²) in [5, 5.41) is 33.2. The maximum absolute atomic E-state index is 9.86. The van der Waals surface area contributed by atoms with E-state index in [1.165, 1.54) is 6.92 Å². The fourth-order valence-electron chi connectivity index (χ4n) is 0.206. The summed E-state index contributed by atoms with van der Waals surface area (Å²) >= 11 is 0. The van der Waals surface area contributed by atoms with Crippen LogP contribution in [-0.2, 0) is 4.79 Å². The van der Waals surface area contributed by atoms with Crippen LogP contribution in [0.5, 0.6) is 0 Å². The zero-order valence-electron chi connectivity index (χ0n) is 6.97. The number of nitrogens with two attached hydrogens (primary N) is 1. The summed E-state index contributed by atoms with van der Waals surface area (Å²) in [5.74, 6) is -1.18. The molecule has 0 saturated carbocycles. The average Bonchev–Trinajstić information content (AvgIpc) is 1.84. The number of carbonyl (C=O) groups is 2. The first-order valence-corrected chi connectivity index (χ1v) is 2.83. The average molecular weight is 219 g/mol. The Bertz CT molecular complexity index is 157. The van der Waals surface area contributed by atoms with Gasteiger partial charge in [0.1, 0.15) is 6.04 Å². The summed E-state index contributed by atoms with van der Waals surface area (Å²) in [5.41, 5.74) is 4.91. The molecular formula is C5H9CaNO6. The van der Waals surface area contributed by atoms with Gasteiger partial charge in [-0.3, -0.25) is 4.79 Å². The number of hydrogen-bond donors (Lipinski definition) is 3. The van der Waals surface area contributed by atoms with Gasteiger partial charge in [-0.1, -0.05) is 0 Å². The van der Waals surface area contributed by atoms with E-state index in [1.807, 2.05) is 0 Å². The normalized spacial score (nSPS) is 12.5. The Morgan fingerprint density at radius 3 is 1.62 bits per heavy atom. The van der Waals surface area contributed by atoms with Crippen molar-refractivity contribution < 1.29 is 30.0 Å². The molecule has 0 aliphatic carbocycles. The molecule has 4 N–H and O–H groups in total. The Labute approximate surface area is 104 Å². The minimum Gasteiger partial charge on any atom is -0.652 e. The van der Waals surface area contributed by atoms with Crippen LogP contribution in [0, 0.1) is 0 Å². The van der Waals surface area contributed by atoms with Gasteiger partial charge in [-0.25, -0.2) is 0 Å².